The molecule has 0 atom stereocenters. The Morgan fingerprint density at radius 2 is 2.15 bits per heavy atom. The average Bonchev–Trinajstić information content (AvgIpc) is 2.20. The van der Waals surface area contributed by atoms with Crippen LogP contribution in [0.15, 0.2) is 55.4 Å². The number of aromatic nitrogens is 1. The SMILES string of the molecule is C=C/C(C)=C(\C=C)c1cccnc1. The van der Waals surface area contributed by atoms with Crippen molar-refractivity contribution >= 4 is 5.57 Å². The number of rotatable bonds is 3. The molecule has 66 valence electrons. The fourth-order valence-electron chi connectivity index (χ4n) is 1.14. The van der Waals surface area contributed by atoms with E-state index in [2.05, 4.69) is 18.1 Å². The number of nitrogens with zero attached hydrogens (tertiary/aromatic N) is 1. The number of allylic oxidation sites excluding steroid dienone is 4. The molecule has 1 heterocycles. The van der Waals surface area contributed by atoms with Gasteiger partial charge in [-0.05, 0) is 24.1 Å². The third kappa shape index (κ3) is 2.15. The second-order valence-electron chi connectivity index (χ2n) is 2.75. The highest BCUT2D eigenvalue weighted by Crippen LogP contribution is 2.18. The quantitative estimate of drug-likeness (QED) is 0.636. The minimum Gasteiger partial charge on any atom is -0.264 e. The van der Waals surface area contributed by atoms with E-state index in [-0.39, 0.29) is 0 Å². The summed E-state index contributed by atoms with van der Waals surface area (Å²) in [5.41, 5.74) is 3.28. The number of hydrogen-bond acceptors (Lipinski definition) is 1. The highest BCUT2D eigenvalue weighted by atomic mass is 14.6. The maximum Gasteiger partial charge on any atom is 0.0346 e. The van der Waals surface area contributed by atoms with Crippen LogP contribution in [0.3, 0.4) is 0 Å². The molecular weight excluding hydrogens is 158 g/mol. The molecule has 0 amide bonds. The molecule has 1 aromatic rings. The molecular formula is C12H13N. The van der Waals surface area contributed by atoms with E-state index >= 15 is 0 Å². The van der Waals surface area contributed by atoms with E-state index in [1.165, 1.54) is 0 Å². The Kier molecular flexibility index (Phi) is 3.21. The van der Waals surface area contributed by atoms with Gasteiger partial charge in [0.2, 0.25) is 0 Å². The Morgan fingerprint density at radius 1 is 1.38 bits per heavy atom. The van der Waals surface area contributed by atoms with E-state index in [1.54, 1.807) is 6.20 Å². The zero-order valence-electron chi connectivity index (χ0n) is 7.83. The first kappa shape index (κ1) is 9.46. The summed E-state index contributed by atoms with van der Waals surface area (Å²) in [7, 11) is 0. The minimum absolute atomic E-state index is 1.08. The molecule has 0 aliphatic heterocycles. The molecule has 13 heavy (non-hydrogen) atoms. The largest absolute Gasteiger partial charge is 0.264 e. The van der Waals surface area contributed by atoms with E-state index in [4.69, 9.17) is 0 Å². The second kappa shape index (κ2) is 4.41. The Hall–Kier alpha value is -1.63. The minimum atomic E-state index is 1.08. The van der Waals surface area contributed by atoms with Crippen LogP contribution >= 0.6 is 0 Å². The summed E-state index contributed by atoms with van der Waals surface area (Å²) in [6.07, 6.45) is 7.23. The fourth-order valence-corrected chi connectivity index (χ4v) is 1.14. The highest BCUT2D eigenvalue weighted by Gasteiger charge is 1.98. The van der Waals surface area contributed by atoms with Gasteiger partial charge in [0.05, 0.1) is 0 Å². The van der Waals surface area contributed by atoms with Crippen LogP contribution in [-0.4, -0.2) is 4.98 Å². The van der Waals surface area contributed by atoms with Gasteiger partial charge < -0.3 is 0 Å². The van der Waals surface area contributed by atoms with Crippen molar-refractivity contribution in [3.8, 4) is 0 Å². The summed E-state index contributed by atoms with van der Waals surface area (Å²) in [6.45, 7) is 9.51. The van der Waals surface area contributed by atoms with Gasteiger partial charge in [-0.1, -0.05) is 31.4 Å². The standard InChI is InChI=1S/C12H13N/c1-4-10(3)12(5-2)11-7-6-8-13-9-11/h4-9H,1-2H2,3H3/b12-10+. The third-order valence-electron chi connectivity index (χ3n) is 1.91. The van der Waals surface area contributed by atoms with Crippen LogP contribution in [0, 0.1) is 0 Å². The molecule has 0 fully saturated rings. The lowest BCUT2D eigenvalue weighted by molar-refractivity contribution is 1.31. The Morgan fingerprint density at radius 3 is 2.62 bits per heavy atom. The molecule has 0 N–H and O–H groups in total. The van der Waals surface area contributed by atoms with Crippen molar-refractivity contribution in [3.05, 3.63) is 61.0 Å². The van der Waals surface area contributed by atoms with Gasteiger partial charge in [0.1, 0.15) is 0 Å². The summed E-state index contributed by atoms with van der Waals surface area (Å²) in [5.74, 6) is 0. The van der Waals surface area contributed by atoms with Crippen molar-refractivity contribution in [3.63, 3.8) is 0 Å². The zero-order valence-corrected chi connectivity index (χ0v) is 7.83. The monoisotopic (exact) mass is 171 g/mol. The highest BCUT2D eigenvalue weighted by molar-refractivity contribution is 5.76. The second-order valence-corrected chi connectivity index (χ2v) is 2.75. The molecule has 1 heteroatoms. The van der Waals surface area contributed by atoms with Crippen LogP contribution in [0.25, 0.3) is 5.57 Å². The van der Waals surface area contributed by atoms with Crippen LogP contribution in [0.1, 0.15) is 12.5 Å². The smallest absolute Gasteiger partial charge is 0.0346 e. The summed E-state index contributed by atoms with van der Waals surface area (Å²) in [6, 6.07) is 3.92. The molecule has 0 radical (unpaired) electrons. The van der Waals surface area contributed by atoms with Crippen LogP contribution in [-0.2, 0) is 0 Å². The van der Waals surface area contributed by atoms with E-state index in [1.807, 2.05) is 37.4 Å². The predicted molar refractivity (Wildman–Crippen MR) is 57.2 cm³/mol. The van der Waals surface area contributed by atoms with Crippen molar-refractivity contribution < 1.29 is 0 Å². The summed E-state index contributed by atoms with van der Waals surface area (Å²) in [5, 5.41) is 0. The van der Waals surface area contributed by atoms with Crippen molar-refractivity contribution in [1.29, 1.82) is 0 Å². The Balaban J connectivity index is 3.20. The molecule has 1 rings (SSSR count). The van der Waals surface area contributed by atoms with Crippen molar-refractivity contribution in [1.82, 2.24) is 4.98 Å². The lowest BCUT2D eigenvalue weighted by Crippen LogP contribution is -1.84. The molecule has 0 aromatic carbocycles. The lowest BCUT2D eigenvalue weighted by Gasteiger charge is -2.03. The average molecular weight is 171 g/mol. The topological polar surface area (TPSA) is 12.9 Å². The first-order valence-electron chi connectivity index (χ1n) is 4.15. The number of pyridine rings is 1. The van der Waals surface area contributed by atoms with Gasteiger partial charge in [0.15, 0.2) is 0 Å². The maximum absolute atomic E-state index is 4.05. The van der Waals surface area contributed by atoms with Crippen LogP contribution in [0.4, 0.5) is 0 Å². The summed E-state index contributed by atoms with van der Waals surface area (Å²) < 4.78 is 0. The van der Waals surface area contributed by atoms with Gasteiger partial charge in [-0.3, -0.25) is 4.98 Å². The normalized spacial score (nSPS) is 11.8. The predicted octanol–water partition coefficient (Wildman–Crippen LogP) is 3.23. The van der Waals surface area contributed by atoms with Gasteiger partial charge in [-0.15, -0.1) is 0 Å². The molecule has 0 spiro atoms. The van der Waals surface area contributed by atoms with E-state index in [0.717, 1.165) is 16.7 Å². The summed E-state index contributed by atoms with van der Waals surface area (Å²) >= 11 is 0. The molecule has 0 aliphatic rings. The van der Waals surface area contributed by atoms with Gasteiger partial charge >= 0.3 is 0 Å². The molecule has 0 saturated carbocycles. The lowest BCUT2D eigenvalue weighted by atomic mass is 10.0. The van der Waals surface area contributed by atoms with E-state index in [9.17, 15) is 0 Å². The number of hydrogen-bond donors (Lipinski definition) is 0. The Labute approximate surface area is 79.1 Å². The van der Waals surface area contributed by atoms with Crippen molar-refractivity contribution in [2.24, 2.45) is 0 Å². The molecule has 1 nitrogen and oxygen atoms in total. The Bertz CT molecular complexity index is 333. The van der Waals surface area contributed by atoms with Crippen molar-refractivity contribution in [2.75, 3.05) is 0 Å². The first-order chi connectivity index (χ1) is 6.29. The summed E-state index contributed by atoms with van der Waals surface area (Å²) in [4.78, 5) is 4.05. The van der Waals surface area contributed by atoms with Gasteiger partial charge in [-0.25, -0.2) is 0 Å². The van der Waals surface area contributed by atoms with Crippen molar-refractivity contribution in [2.45, 2.75) is 6.92 Å². The molecule has 0 unspecified atom stereocenters. The molecule has 0 saturated heterocycles. The van der Waals surface area contributed by atoms with Gasteiger partial charge in [0, 0.05) is 18.0 Å². The van der Waals surface area contributed by atoms with Gasteiger partial charge in [-0.2, -0.15) is 0 Å². The van der Waals surface area contributed by atoms with Crippen LogP contribution in [0.5, 0.6) is 0 Å². The van der Waals surface area contributed by atoms with E-state index in [0.29, 0.717) is 0 Å². The maximum atomic E-state index is 4.05. The van der Waals surface area contributed by atoms with Gasteiger partial charge in [0.25, 0.3) is 0 Å². The van der Waals surface area contributed by atoms with Crippen LogP contribution < -0.4 is 0 Å². The first-order valence-corrected chi connectivity index (χ1v) is 4.15. The molecule has 0 aliphatic carbocycles. The molecule has 1 aromatic heterocycles. The van der Waals surface area contributed by atoms with Crippen LogP contribution in [0.2, 0.25) is 0 Å². The van der Waals surface area contributed by atoms with E-state index < -0.39 is 0 Å². The fraction of sp³-hybridized carbons (Fsp3) is 0.0833. The third-order valence-corrected chi connectivity index (χ3v) is 1.91. The molecule has 0 bridgehead atoms. The zero-order chi connectivity index (χ0) is 9.68.